The van der Waals surface area contributed by atoms with Gasteiger partial charge in [0.1, 0.15) is 5.82 Å². The molecule has 144 valence electrons. The van der Waals surface area contributed by atoms with Crippen LogP contribution < -0.4 is 10.2 Å². The monoisotopic (exact) mass is 393 g/mol. The molecule has 1 aliphatic heterocycles. The molecule has 8 heteroatoms. The number of hydrogen-bond donors (Lipinski definition) is 1. The van der Waals surface area contributed by atoms with E-state index in [0.29, 0.717) is 35.4 Å². The van der Waals surface area contributed by atoms with Gasteiger partial charge in [0.05, 0.1) is 12.7 Å². The fraction of sp³-hybridized carbons (Fsp3) is 0.368. The lowest BCUT2D eigenvalue weighted by molar-refractivity contribution is 0.0529. The van der Waals surface area contributed by atoms with E-state index in [9.17, 15) is 13.6 Å². The quantitative estimate of drug-likeness (QED) is 0.761. The lowest BCUT2D eigenvalue weighted by Gasteiger charge is -2.32. The molecule has 1 fully saturated rings. The average Bonchev–Trinajstić information content (AvgIpc) is 2.66. The van der Waals surface area contributed by atoms with Gasteiger partial charge in [-0.15, -0.1) is 0 Å². The molecule has 0 bridgehead atoms. The van der Waals surface area contributed by atoms with Crippen LogP contribution in [0.4, 0.5) is 14.6 Å². The highest BCUT2D eigenvalue weighted by atomic mass is 32.2. The zero-order valence-electron chi connectivity index (χ0n) is 14.9. The second-order valence-electron chi connectivity index (χ2n) is 6.24. The Labute approximate surface area is 161 Å². The predicted molar refractivity (Wildman–Crippen MR) is 101 cm³/mol. The van der Waals surface area contributed by atoms with Crippen molar-refractivity contribution in [2.75, 3.05) is 24.6 Å². The summed E-state index contributed by atoms with van der Waals surface area (Å²) in [6.45, 7) is 4.69. The Bertz CT molecular complexity index is 757. The molecule has 1 N–H and O–H groups in total. The fourth-order valence-corrected chi connectivity index (χ4v) is 3.31. The van der Waals surface area contributed by atoms with Crippen molar-refractivity contribution in [2.45, 2.75) is 30.2 Å². The molecule has 1 aromatic heterocycles. The summed E-state index contributed by atoms with van der Waals surface area (Å²) in [7, 11) is 0. The largest absolute Gasteiger partial charge is 0.375 e. The highest BCUT2D eigenvalue weighted by Gasteiger charge is 2.17. The Kier molecular flexibility index (Phi) is 6.63. The minimum atomic E-state index is -2.47. The summed E-state index contributed by atoms with van der Waals surface area (Å²) in [5, 5.41) is 2.81. The lowest BCUT2D eigenvalue weighted by atomic mass is 10.2. The number of hydrogen-bond acceptors (Lipinski definition) is 5. The van der Waals surface area contributed by atoms with Gasteiger partial charge in [0.2, 0.25) is 0 Å². The number of rotatable bonds is 6. The normalized spacial score (nSPS) is 17.2. The number of halogens is 2. The third kappa shape index (κ3) is 5.64. The molecule has 2 heterocycles. The van der Waals surface area contributed by atoms with E-state index < -0.39 is 5.76 Å². The van der Waals surface area contributed by atoms with Crippen molar-refractivity contribution in [3.05, 3.63) is 53.7 Å². The first-order valence-corrected chi connectivity index (χ1v) is 9.54. The van der Waals surface area contributed by atoms with E-state index in [0.717, 1.165) is 24.5 Å². The van der Waals surface area contributed by atoms with E-state index in [-0.39, 0.29) is 12.0 Å². The number of anilines is 1. The number of morpholine rings is 1. The maximum absolute atomic E-state index is 12.3. The highest BCUT2D eigenvalue weighted by Crippen LogP contribution is 2.25. The molecule has 1 aliphatic rings. The number of nitrogens with zero attached hydrogens (tertiary/aromatic N) is 2. The number of nitrogens with one attached hydrogen (secondary N) is 1. The molecule has 5 nitrogen and oxygen atoms in total. The molecule has 0 spiro atoms. The van der Waals surface area contributed by atoms with Crippen molar-refractivity contribution >= 4 is 23.5 Å². The Balaban J connectivity index is 1.52. The molecular formula is C19H21F2N3O2S. The molecule has 1 unspecified atom stereocenters. The lowest BCUT2D eigenvalue weighted by Crippen LogP contribution is -2.41. The van der Waals surface area contributed by atoms with Crippen LogP contribution in [-0.2, 0) is 11.3 Å². The molecule has 1 saturated heterocycles. The fourth-order valence-electron chi connectivity index (χ4n) is 2.81. The van der Waals surface area contributed by atoms with Crippen molar-refractivity contribution < 1.29 is 18.3 Å². The van der Waals surface area contributed by atoms with Crippen molar-refractivity contribution in [2.24, 2.45) is 0 Å². The second kappa shape index (κ2) is 9.14. The second-order valence-corrected chi connectivity index (χ2v) is 7.30. The number of ether oxygens (including phenoxy) is 1. The average molecular weight is 393 g/mol. The van der Waals surface area contributed by atoms with Crippen molar-refractivity contribution in [1.29, 1.82) is 0 Å². The van der Waals surface area contributed by atoms with E-state index in [1.807, 2.05) is 19.1 Å². The number of aromatic nitrogens is 1. The highest BCUT2D eigenvalue weighted by molar-refractivity contribution is 7.99. The topological polar surface area (TPSA) is 54.5 Å². The van der Waals surface area contributed by atoms with E-state index in [4.69, 9.17) is 4.74 Å². The molecule has 1 amide bonds. The molecule has 0 radical (unpaired) electrons. The minimum Gasteiger partial charge on any atom is -0.375 e. The molecule has 3 rings (SSSR count). The first-order valence-electron chi connectivity index (χ1n) is 8.66. The number of amides is 1. The van der Waals surface area contributed by atoms with Gasteiger partial charge in [0.15, 0.2) is 0 Å². The minimum absolute atomic E-state index is 0.185. The smallest absolute Gasteiger partial charge is 0.288 e. The van der Waals surface area contributed by atoms with Crippen LogP contribution in [0.5, 0.6) is 0 Å². The summed E-state index contributed by atoms with van der Waals surface area (Å²) >= 11 is 0.457. The van der Waals surface area contributed by atoms with E-state index >= 15 is 0 Å². The van der Waals surface area contributed by atoms with Gasteiger partial charge >= 0.3 is 0 Å². The van der Waals surface area contributed by atoms with Crippen molar-refractivity contribution in [1.82, 2.24) is 10.3 Å². The number of thioether (sulfide) groups is 1. The maximum atomic E-state index is 12.3. The van der Waals surface area contributed by atoms with E-state index in [1.165, 1.54) is 12.1 Å². The standard InChI is InChI=1S/C19H21F2N3O2S/c1-13-12-24(8-9-26-13)17-7-2-14(10-22-17)11-23-18(25)15-3-5-16(6-4-15)27-19(20)21/h2-7,10,13,19H,8-9,11-12H2,1H3,(H,23,25). The summed E-state index contributed by atoms with van der Waals surface area (Å²) in [4.78, 5) is 19.3. The van der Waals surface area contributed by atoms with Crippen LogP contribution in [-0.4, -0.2) is 42.4 Å². The number of carbonyl (C=O) groups excluding carboxylic acids is 1. The Morgan fingerprint density at radius 2 is 2.11 bits per heavy atom. The molecule has 27 heavy (non-hydrogen) atoms. The molecule has 0 aliphatic carbocycles. The van der Waals surface area contributed by atoms with E-state index in [1.54, 1.807) is 18.3 Å². The molecule has 1 aromatic carbocycles. The Morgan fingerprint density at radius 3 is 2.74 bits per heavy atom. The first-order chi connectivity index (χ1) is 13.0. The van der Waals surface area contributed by atoms with Gasteiger partial charge in [-0.05, 0) is 42.8 Å². The number of carbonyl (C=O) groups is 1. The van der Waals surface area contributed by atoms with Crippen LogP contribution >= 0.6 is 11.8 Å². The van der Waals surface area contributed by atoms with Gasteiger partial charge in [0.25, 0.3) is 11.7 Å². The number of alkyl halides is 2. The third-order valence-corrected chi connectivity index (χ3v) is 4.89. The summed E-state index contributed by atoms with van der Waals surface area (Å²) in [5.74, 6) is -1.83. The number of pyridine rings is 1. The van der Waals surface area contributed by atoms with Crippen LogP contribution in [0.3, 0.4) is 0 Å². The van der Waals surface area contributed by atoms with Gasteiger partial charge in [-0.3, -0.25) is 4.79 Å². The van der Waals surface area contributed by atoms with Crippen molar-refractivity contribution in [3.8, 4) is 0 Å². The molecular weight excluding hydrogens is 372 g/mol. The van der Waals surface area contributed by atoms with Gasteiger partial charge in [-0.2, -0.15) is 8.78 Å². The SMILES string of the molecule is CC1CN(c2ccc(CNC(=O)c3ccc(SC(F)F)cc3)cn2)CCO1. The Hall–Kier alpha value is -2.19. The van der Waals surface area contributed by atoms with Gasteiger partial charge in [-0.25, -0.2) is 4.98 Å². The molecule has 1 atom stereocenters. The summed E-state index contributed by atoms with van der Waals surface area (Å²) in [6, 6.07) is 10.00. The van der Waals surface area contributed by atoms with Crippen LogP contribution in [0, 0.1) is 0 Å². The summed E-state index contributed by atoms with van der Waals surface area (Å²) < 4.78 is 30.2. The third-order valence-electron chi connectivity index (χ3n) is 4.17. The zero-order valence-corrected chi connectivity index (χ0v) is 15.7. The van der Waals surface area contributed by atoms with Crippen LogP contribution in [0.2, 0.25) is 0 Å². The van der Waals surface area contributed by atoms with Gasteiger partial charge < -0.3 is 15.0 Å². The molecule has 0 saturated carbocycles. The summed E-state index contributed by atoms with van der Waals surface area (Å²) in [6.07, 6.45) is 1.93. The van der Waals surface area contributed by atoms with Gasteiger partial charge in [0, 0.05) is 36.3 Å². The van der Waals surface area contributed by atoms with Gasteiger partial charge in [-0.1, -0.05) is 17.8 Å². The molecule has 2 aromatic rings. The first kappa shape index (κ1) is 19.6. The van der Waals surface area contributed by atoms with Crippen molar-refractivity contribution in [3.63, 3.8) is 0 Å². The van der Waals surface area contributed by atoms with Crippen LogP contribution in [0.15, 0.2) is 47.5 Å². The van der Waals surface area contributed by atoms with Crippen LogP contribution in [0.1, 0.15) is 22.8 Å². The van der Waals surface area contributed by atoms with E-state index in [2.05, 4.69) is 15.2 Å². The maximum Gasteiger partial charge on any atom is 0.288 e. The Morgan fingerprint density at radius 1 is 1.33 bits per heavy atom. The predicted octanol–water partition coefficient (Wildman–Crippen LogP) is 3.55. The van der Waals surface area contributed by atoms with Crippen LogP contribution in [0.25, 0.3) is 0 Å². The zero-order chi connectivity index (χ0) is 19.2. The number of benzene rings is 1. The summed E-state index contributed by atoms with van der Waals surface area (Å²) in [5.41, 5.74) is 1.32.